The zero-order valence-electron chi connectivity index (χ0n) is 12.6. The molecule has 23 heavy (non-hydrogen) atoms. The second-order valence-electron chi connectivity index (χ2n) is 5.18. The van der Waals surface area contributed by atoms with Crippen molar-refractivity contribution in [2.24, 2.45) is 0 Å². The molecule has 0 unspecified atom stereocenters. The molecule has 1 saturated heterocycles. The molecule has 0 aliphatic carbocycles. The number of hydrogen-bond donors (Lipinski definition) is 1. The Morgan fingerprint density at radius 3 is 2.61 bits per heavy atom. The maximum atomic E-state index is 12.0. The van der Waals surface area contributed by atoms with Crippen LogP contribution in [-0.2, 0) is 4.79 Å². The van der Waals surface area contributed by atoms with Crippen LogP contribution in [0.2, 0.25) is 0 Å². The lowest BCUT2D eigenvalue weighted by Gasteiger charge is -2.32. The smallest absolute Gasteiger partial charge is 0.277 e. The maximum Gasteiger partial charge on any atom is 0.277 e. The monoisotopic (exact) mass is 316 g/mol. The molecule has 0 radical (unpaired) electrons. The highest BCUT2D eigenvalue weighted by Gasteiger charge is 2.18. The van der Waals surface area contributed by atoms with E-state index in [2.05, 4.69) is 20.7 Å². The highest BCUT2D eigenvalue weighted by molar-refractivity contribution is 6.02. The van der Waals surface area contributed by atoms with Crippen molar-refractivity contribution in [2.75, 3.05) is 36.4 Å². The highest BCUT2D eigenvalue weighted by Crippen LogP contribution is 2.13. The van der Waals surface area contributed by atoms with E-state index in [1.807, 2.05) is 4.90 Å². The van der Waals surface area contributed by atoms with Crippen LogP contribution >= 0.6 is 0 Å². The van der Waals surface area contributed by atoms with Crippen molar-refractivity contribution in [3.8, 4) is 0 Å². The molecule has 1 fully saturated rings. The van der Waals surface area contributed by atoms with E-state index in [4.69, 9.17) is 4.52 Å². The number of nitrogens with zero attached hydrogens (tertiary/aromatic N) is 5. The van der Waals surface area contributed by atoms with E-state index in [0.29, 0.717) is 43.6 Å². The Hall–Kier alpha value is -2.97. The van der Waals surface area contributed by atoms with Crippen molar-refractivity contribution in [1.82, 2.24) is 20.3 Å². The highest BCUT2D eigenvalue weighted by atomic mass is 16.5. The van der Waals surface area contributed by atoms with Gasteiger partial charge in [-0.25, -0.2) is 0 Å². The molecule has 1 N–H and O–H groups in total. The van der Waals surface area contributed by atoms with Gasteiger partial charge in [-0.15, -0.1) is 10.2 Å². The van der Waals surface area contributed by atoms with Gasteiger partial charge in [0.15, 0.2) is 17.3 Å². The number of carbonyl (C=O) groups is 2. The molecule has 2 aromatic rings. The summed E-state index contributed by atoms with van der Waals surface area (Å²) < 4.78 is 4.88. The lowest BCUT2D eigenvalue weighted by molar-refractivity contribution is -0.118. The van der Waals surface area contributed by atoms with Crippen molar-refractivity contribution in [3.05, 3.63) is 29.7 Å². The largest absolute Gasteiger partial charge is 0.360 e. The Morgan fingerprint density at radius 1 is 1.26 bits per heavy atom. The van der Waals surface area contributed by atoms with E-state index in [0.717, 1.165) is 6.41 Å². The van der Waals surface area contributed by atoms with Crippen LogP contribution in [-0.4, -0.2) is 58.8 Å². The quantitative estimate of drug-likeness (QED) is 0.809. The van der Waals surface area contributed by atoms with E-state index in [9.17, 15) is 9.59 Å². The molecule has 2 aromatic heterocycles. The predicted molar refractivity (Wildman–Crippen MR) is 81.1 cm³/mol. The molecule has 3 rings (SSSR count). The average Bonchev–Trinajstić information content (AvgIpc) is 3.00. The minimum absolute atomic E-state index is 0.195. The Labute approximate surface area is 132 Å². The van der Waals surface area contributed by atoms with Crippen molar-refractivity contribution in [2.45, 2.75) is 6.92 Å². The van der Waals surface area contributed by atoms with Crippen LogP contribution in [0.4, 0.5) is 11.6 Å². The van der Waals surface area contributed by atoms with Crippen molar-refractivity contribution in [3.63, 3.8) is 0 Å². The van der Waals surface area contributed by atoms with Crippen LogP contribution in [0, 0.1) is 6.92 Å². The number of hydrogen-bond acceptors (Lipinski definition) is 7. The van der Waals surface area contributed by atoms with Crippen LogP contribution in [0.1, 0.15) is 16.2 Å². The molecule has 120 valence electrons. The fourth-order valence-corrected chi connectivity index (χ4v) is 2.28. The second kappa shape index (κ2) is 6.42. The normalized spacial score (nSPS) is 14.7. The van der Waals surface area contributed by atoms with Crippen LogP contribution in [0.25, 0.3) is 0 Å². The Balaban J connectivity index is 1.62. The van der Waals surface area contributed by atoms with Crippen molar-refractivity contribution >= 4 is 24.0 Å². The summed E-state index contributed by atoms with van der Waals surface area (Å²) >= 11 is 0. The number of aromatic nitrogens is 3. The maximum absolute atomic E-state index is 12.0. The number of rotatable bonds is 4. The van der Waals surface area contributed by atoms with Gasteiger partial charge in [0.2, 0.25) is 6.41 Å². The fraction of sp³-hybridized carbons (Fsp3) is 0.357. The minimum atomic E-state index is -0.400. The zero-order chi connectivity index (χ0) is 16.2. The molecule has 9 nitrogen and oxygen atoms in total. The first-order valence-corrected chi connectivity index (χ1v) is 7.18. The third kappa shape index (κ3) is 3.44. The molecule has 3 heterocycles. The summed E-state index contributed by atoms with van der Waals surface area (Å²) in [7, 11) is 0. The van der Waals surface area contributed by atoms with E-state index < -0.39 is 5.91 Å². The first-order valence-electron chi connectivity index (χ1n) is 7.18. The molecule has 0 aromatic carbocycles. The van der Waals surface area contributed by atoms with Gasteiger partial charge in [0.1, 0.15) is 5.76 Å². The van der Waals surface area contributed by atoms with E-state index in [1.165, 1.54) is 0 Å². The lowest BCUT2D eigenvalue weighted by atomic mass is 10.3. The summed E-state index contributed by atoms with van der Waals surface area (Å²) in [6, 6.07) is 4.97. The van der Waals surface area contributed by atoms with E-state index in [1.54, 1.807) is 30.0 Å². The predicted octanol–water partition coefficient (Wildman–Crippen LogP) is 0.304. The van der Waals surface area contributed by atoms with Crippen LogP contribution in [0.5, 0.6) is 0 Å². The summed E-state index contributed by atoms with van der Waals surface area (Å²) in [6.45, 7) is 4.42. The number of nitrogens with one attached hydrogen (secondary N) is 1. The van der Waals surface area contributed by atoms with Gasteiger partial charge in [-0.05, 0) is 19.1 Å². The lowest BCUT2D eigenvalue weighted by Crippen LogP contribution is -2.46. The van der Waals surface area contributed by atoms with Gasteiger partial charge in [-0.3, -0.25) is 9.59 Å². The number of carbonyl (C=O) groups excluding carboxylic acids is 2. The van der Waals surface area contributed by atoms with Gasteiger partial charge in [0.05, 0.1) is 0 Å². The van der Waals surface area contributed by atoms with Gasteiger partial charge in [-0.1, -0.05) is 5.16 Å². The number of amides is 2. The minimum Gasteiger partial charge on any atom is -0.360 e. The SMILES string of the molecule is Cc1cc(NC(=O)c2ccc(N3CCN(C=O)CC3)nn2)no1. The standard InChI is InChI=1S/C14H16N6O3/c1-10-8-12(18-23-10)15-14(22)11-2-3-13(17-16-11)20-6-4-19(9-21)5-7-20/h2-3,8-9H,4-7H2,1H3,(H,15,18,22). The number of piperazine rings is 1. The molecule has 2 amide bonds. The summed E-state index contributed by atoms with van der Waals surface area (Å²) in [4.78, 5) is 26.5. The van der Waals surface area contributed by atoms with Gasteiger partial charge in [-0.2, -0.15) is 0 Å². The second-order valence-corrected chi connectivity index (χ2v) is 5.18. The third-order valence-corrected chi connectivity index (χ3v) is 3.54. The average molecular weight is 316 g/mol. The molecular formula is C14H16N6O3. The Bertz CT molecular complexity index is 691. The molecule has 0 atom stereocenters. The van der Waals surface area contributed by atoms with Gasteiger partial charge in [0.25, 0.3) is 5.91 Å². The number of anilines is 2. The van der Waals surface area contributed by atoms with Crippen molar-refractivity contribution in [1.29, 1.82) is 0 Å². The summed E-state index contributed by atoms with van der Waals surface area (Å²) in [6.07, 6.45) is 0.849. The first-order chi connectivity index (χ1) is 11.2. The van der Waals surface area contributed by atoms with Gasteiger partial charge >= 0.3 is 0 Å². The van der Waals surface area contributed by atoms with Gasteiger partial charge in [0, 0.05) is 32.2 Å². The summed E-state index contributed by atoms with van der Waals surface area (Å²) in [5, 5.41) is 14.3. The number of aryl methyl sites for hydroxylation is 1. The fourth-order valence-electron chi connectivity index (χ4n) is 2.28. The topological polar surface area (TPSA) is 104 Å². The van der Waals surface area contributed by atoms with Gasteiger partial charge < -0.3 is 19.6 Å². The molecule has 0 spiro atoms. The van der Waals surface area contributed by atoms with E-state index in [-0.39, 0.29) is 5.69 Å². The Morgan fingerprint density at radius 2 is 2.04 bits per heavy atom. The zero-order valence-corrected chi connectivity index (χ0v) is 12.6. The molecule has 1 aliphatic rings. The summed E-state index contributed by atoms with van der Waals surface area (Å²) in [5.41, 5.74) is 0.195. The molecule has 0 bridgehead atoms. The van der Waals surface area contributed by atoms with Crippen LogP contribution in [0.15, 0.2) is 22.7 Å². The Kier molecular flexibility index (Phi) is 4.18. The molecule has 0 saturated carbocycles. The van der Waals surface area contributed by atoms with Crippen molar-refractivity contribution < 1.29 is 14.1 Å². The van der Waals surface area contributed by atoms with Crippen LogP contribution < -0.4 is 10.2 Å². The summed E-state index contributed by atoms with van der Waals surface area (Å²) in [5.74, 6) is 1.23. The van der Waals surface area contributed by atoms with Crippen LogP contribution in [0.3, 0.4) is 0 Å². The van der Waals surface area contributed by atoms with E-state index >= 15 is 0 Å². The molecular weight excluding hydrogens is 300 g/mol. The molecule has 9 heteroatoms. The molecule has 1 aliphatic heterocycles. The first kappa shape index (κ1) is 14.9. The third-order valence-electron chi connectivity index (χ3n) is 3.54.